The zero-order valence-electron chi connectivity index (χ0n) is 12.0. The van der Waals surface area contributed by atoms with E-state index >= 15 is 0 Å². The van der Waals surface area contributed by atoms with Gasteiger partial charge in [-0.3, -0.25) is 9.59 Å². The van der Waals surface area contributed by atoms with Crippen molar-refractivity contribution in [2.24, 2.45) is 5.73 Å². The largest absolute Gasteiger partial charge is 0.493 e. The molecule has 1 amide bonds. The van der Waals surface area contributed by atoms with Gasteiger partial charge in [0.2, 0.25) is 5.91 Å². The van der Waals surface area contributed by atoms with Gasteiger partial charge in [-0.15, -0.1) is 12.4 Å². The van der Waals surface area contributed by atoms with Gasteiger partial charge >= 0.3 is 5.97 Å². The maximum Gasteiger partial charge on any atom is 0.308 e. The van der Waals surface area contributed by atoms with Crippen LogP contribution >= 0.6 is 12.4 Å². The summed E-state index contributed by atoms with van der Waals surface area (Å²) in [6.45, 7) is 0.759. The Bertz CT molecular complexity index is 437. The highest BCUT2D eigenvalue weighted by Crippen LogP contribution is 2.16. The molecule has 0 aromatic heterocycles. The zero-order valence-corrected chi connectivity index (χ0v) is 12.8. The highest BCUT2D eigenvalue weighted by molar-refractivity contribution is 5.90. The molecular formula is C14H21ClN2O4. The van der Waals surface area contributed by atoms with Crippen molar-refractivity contribution in [1.82, 2.24) is 0 Å². The number of halogens is 1. The van der Waals surface area contributed by atoms with Crippen LogP contribution in [0.4, 0.5) is 5.69 Å². The van der Waals surface area contributed by atoms with Gasteiger partial charge < -0.3 is 20.5 Å². The van der Waals surface area contributed by atoms with Gasteiger partial charge in [-0.2, -0.15) is 0 Å². The Hall–Kier alpha value is -1.79. The van der Waals surface area contributed by atoms with Crippen molar-refractivity contribution in [2.75, 3.05) is 25.6 Å². The van der Waals surface area contributed by atoms with E-state index in [1.165, 1.54) is 7.11 Å². The summed E-state index contributed by atoms with van der Waals surface area (Å²) in [5, 5.41) is 2.76. The van der Waals surface area contributed by atoms with E-state index in [1.54, 1.807) is 24.3 Å². The highest BCUT2D eigenvalue weighted by Gasteiger charge is 2.03. The van der Waals surface area contributed by atoms with E-state index in [9.17, 15) is 9.59 Å². The van der Waals surface area contributed by atoms with Crippen molar-refractivity contribution >= 4 is 30.0 Å². The molecule has 0 aliphatic heterocycles. The van der Waals surface area contributed by atoms with Crippen LogP contribution < -0.4 is 15.8 Å². The summed E-state index contributed by atoms with van der Waals surface area (Å²) in [6, 6.07) is 6.95. The van der Waals surface area contributed by atoms with Crippen molar-refractivity contribution in [1.29, 1.82) is 0 Å². The van der Waals surface area contributed by atoms with Crippen LogP contribution in [0.1, 0.15) is 19.3 Å². The van der Waals surface area contributed by atoms with Gasteiger partial charge in [-0.05, 0) is 37.2 Å². The van der Waals surface area contributed by atoms with E-state index in [0.29, 0.717) is 30.8 Å². The maximum atomic E-state index is 11.5. The summed E-state index contributed by atoms with van der Waals surface area (Å²) in [7, 11) is 1.34. The van der Waals surface area contributed by atoms with E-state index in [1.807, 2.05) is 0 Å². The normalized spacial score (nSPS) is 9.43. The fourth-order valence-corrected chi connectivity index (χ4v) is 1.47. The van der Waals surface area contributed by atoms with Crippen molar-refractivity contribution in [3.05, 3.63) is 24.3 Å². The zero-order chi connectivity index (χ0) is 14.8. The molecule has 0 bridgehead atoms. The molecule has 0 saturated heterocycles. The Morgan fingerprint density at radius 1 is 1.19 bits per heavy atom. The summed E-state index contributed by atoms with van der Waals surface area (Å²) < 4.78 is 9.88. The van der Waals surface area contributed by atoms with Crippen LogP contribution in [0.25, 0.3) is 0 Å². The minimum absolute atomic E-state index is 0. The number of carbonyl (C=O) groups excluding carboxylic acids is 2. The number of nitrogens with two attached hydrogens (primary N) is 1. The lowest BCUT2D eigenvalue weighted by Gasteiger charge is -2.08. The van der Waals surface area contributed by atoms with Gasteiger partial charge in [-0.25, -0.2) is 0 Å². The third kappa shape index (κ3) is 8.16. The maximum absolute atomic E-state index is 11.5. The lowest BCUT2D eigenvalue weighted by atomic mass is 10.2. The molecule has 0 atom stereocenters. The lowest BCUT2D eigenvalue weighted by Crippen LogP contribution is -2.13. The summed E-state index contributed by atoms with van der Waals surface area (Å²) >= 11 is 0. The first kappa shape index (κ1) is 19.2. The minimum atomic E-state index is -0.311. The van der Waals surface area contributed by atoms with Gasteiger partial charge in [-0.1, -0.05) is 0 Å². The molecule has 7 heteroatoms. The van der Waals surface area contributed by atoms with E-state index in [2.05, 4.69) is 10.1 Å². The van der Waals surface area contributed by atoms with Crippen LogP contribution in [0.2, 0.25) is 0 Å². The molecule has 0 radical (unpaired) electrons. The second-order valence-electron chi connectivity index (χ2n) is 4.14. The number of hydrogen-bond donors (Lipinski definition) is 2. The van der Waals surface area contributed by atoms with Gasteiger partial charge in [0.1, 0.15) is 5.75 Å². The SMILES string of the molecule is COC(=O)CCOc1ccc(NC(=O)CCCN)cc1.Cl. The summed E-state index contributed by atoms with van der Waals surface area (Å²) in [4.78, 5) is 22.4. The molecule has 21 heavy (non-hydrogen) atoms. The first-order valence-corrected chi connectivity index (χ1v) is 6.45. The average Bonchev–Trinajstić information content (AvgIpc) is 2.46. The topological polar surface area (TPSA) is 90.6 Å². The van der Waals surface area contributed by atoms with Gasteiger partial charge in [0.05, 0.1) is 20.1 Å². The number of benzene rings is 1. The highest BCUT2D eigenvalue weighted by atomic mass is 35.5. The Morgan fingerprint density at radius 3 is 2.43 bits per heavy atom. The van der Waals surface area contributed by atoms with Crippen molar-refractivity contribution in [3.63, 3.8) is 0 Å². The average molecular weight is 317 g/mol. The fourth-order valence-electron chi connectivity index (χ4n) is 1.47. The van der Waals surface area contributed by atoms with Crippen LogP contribution in [0.15, 0.2) is 24.3 Å². The van der Waals surface area contributed by atoms with Crippen LogP contribution in [-0.4, -0.2) is 32.1 Å². The number of anilines is 1. The number of hydrogen-bond acceptors (Lipinski definition) is 5. The number of esters is 1. The van der Waals surface area contributed by atoms with Crippen molar-refractivity contribution in [3.8, 4) is 5.75 Å². The van der Waals surface area contributed by atoms with Crippen molar-refractivity contribution in [2.45, 2.75) is 19.3 Å². The van der Waals surface area contributed by atoms with E-state index in [4.69, 9.17) is 10.5 Å². The van der Waals surface area contributed by atoms with Crippen LogP contribution in [0.3, 0.4) is 0 Å². The standard InChI is InChI=1S/C14H20N2O4.ClH/c1-19-14(18)8-10-20-12-6-4-11(5-7-12)16-13(17)3-2-9-15;/h4-7H,2-3,8-10,15H2,1H3,(H,16,17);1H. The molecule has 6 nitrogen and oxygen atoms in total. The number of ether oxygens (including phenoxy) is 2. The Balaban J connectivity index is 0.00000400. The molecule has 0 spiro atoms. The molecular weight excluding hydrogens is 296 g/mol. The number of amides is 1. The monoisotopic (exact) mass is 316 g/mol. The third-order valence-corrected chi connectivity index (χ3v) is 2.55. The van der Waals surface area contributed by atoms with Crippen LogP contribution in [0, 0.1) is 0 Å². The molecule has 3 N–H and O–H groups in total. The summed E-state index contributed by atoms with van der Waals surface area (Å²) in [5.41, 5.74) is 6.04. The van der Waals surface area contributed by atoms with Crippen LogP contribution in [0.5, 0.6) is 5.75 Å². The first-order valence-electron chi connectivity index (χ1n) is 6.45. The molecule has 0 fully saturated rings. The van der Waals surface area contributed by atoms with E-state index in [0.717, 1.165) is 0 Å². The Morgan fingerprint density at radius 2 is 1.86 bits per heavy atom. The van der Waals surface area contributed by atoms with Gasteiger partial charge in [0.15, 0.2) is 0 Å². The molecule has 0 aliphatic rings. The predicted molar refractivity (Wildman–Crippen MR) is 82.7 cm³/mol. The molecule has 0 saturated carbocycles. The molecule has 0 unspecified atom stereocenters. The number of nitrogens with one attached hydrogen (secondary N) is 1. The second kappa shape index (κ2) is 10.9. The predicted octanol–water partition coefficient (Wildman–Crippen LogP) is 1.73. The molecule has 1 aromatic carbocycles. The Labute approximate surface area is 130 Å². The van der Waals surface area contributed by atoms with E-state index in [-0.39, 0.29) is 37.3 Å². The second-order valence-corrected chi connectivity index (χ2v) is 4.14. The summed E-state index contributed by atoms with van der Waals surface area (Å²) in [5.74, 6) is 0.262. The lowest BCUT2D eigenvalue weighted by molar-refractivity contribution is -0.141. The van der Waals surface area contributed by atoms with Crippen LogP contribution in [-0.2, 0) is 14.3 Å². The molecule has 1 aromatic rings. The Kier molecular flexibility index (Phi) is 10.0. The molecule has 0 aliphatic carbocycles. The van der Waals surface area contributed by atoms with Gasteiger partial charge in [0.25, 0.3) is 0 Å². The van der Waals surface area contributed by atoms with Crippen molar-refractivity contribution < 1.29 is 19.1 Å². The molecule has 1 rings (SSSR count). The smallest absolute Gasteiger partial charge is 0.308 e. The number of methoxy groups -OCH3 is 1. The quantitative estimate of drug-likeness (QED) is 0.713. The minimum Gasteiger partial charge on any atom is -0.493 e. The third-order valence-electron chi connectivity index (χ3n) is 2.55. The molecule has 118 valence electrons. The van der Waals surface area contributed by atoms with E-state index < -0.39 is 0 Å². The number of rotatable bonds is 8. The fraction of sp³-hybridized carbons (Fsp3) is 0.429. The summed E-state index contributed by atoms with van der Waals surface area (Å²) in [6.07, 6.45) is 1.28. The molecule has 0 heterocycles. The number of carbonyl (C=O) groups is 2. The van der Waals surface area contributed by atoms with Gasteiger partial charge in [0, 0.05) is 12.1 Å². The first-order chi connectivity index (χ1) is 9.65.